The molecule has 1 N–H and O–H groups in total. The molecule has 0 fully saturated rings. The summed E-state index contributed by atoms with van der Waals surface area (Å²) in [6.07, 6.45) is 0. The van der Waals surface area contributed by atoms with Crippen LogP contribution in [0.3, 0.4) is 0 Å². The number of likely N-dealkylation sites (N-methyl/N-ethyl adjacent to an activating group) is 1. The topological polar surface area (TPSA) is 40.5 Å². The van der Waals surface area contributed by atoms with Crippen molar-refractivity contribution in [2.75, 3.05) is 13.1 Å². The van der Waals surface area contributed by atoms with E-state index in [2.05, 4.69) is 0 Å². The molecule has 0 heterocycles. The zero-order valence-corrected chi connectivity index (χ0v) is 10.2. The summed E-state index contributed by atoms with van der Waals surface area (Å²) >= 11 is 5.78. The van der Waals surface area contributed by atoms with Crippen LogP contribution in [-0.2, 0) is 4.79 Å². The molecule has 1 aromatic rings. The van der Waals surface area contributed by atoms with E-state index in [0.717, 1.165) is 5.56 Å². The molecule has 0 saturated heterocycles. The van der Waals surface area contributed by atoms with Crippen molar-refractivity contribution in [2.45, 2.75) is 19.9 Å². The van der Waals surface area contributed by atoms with E-state index in [1.165, 1.54) is 0 Å². The Balaban J connectivity index is 3.02. The average molecular weight is 242 g/mol. The number of carbonyl (C=O) groups is 1. The lowest BCUT2D eigenvalue weighted by atomic mass is 10.1. The molecule has 0 aliphatic carbocycles. The van der Waals surface area contributed by atoms with E-state index in [4.69, 9.17) is 11.6 Å². The first kappa shape index (κ1) is 13.0. The van der Waals surface area contributed by atoms with Gasteiger partial charge in [-0.3, -0.25) is 9.69 Å². The number of hydrogen-bond donors (Lipinski definition) is 1. The molecule has 0 aromatic heterocycles. The second-order valence-electron chi connectivity index (χ2n) is 3.51. The highest BCUT2D eigenvalue weighted by atomic mass is 35.5. The standard InChI is InChI=1S/C12H16ClNO2/c1-3-14(4-2)11(12(15)16)9-5-7-10(13)8-6-9/h5-8,11H,3-4H2,1-2H3,(H,15,16). The second-order valence-corrected chi connectivity index (χ2v) is 3.95. The minimum atomic E-state index is -0.828. The number of aliphatic carboxylic acids is 1. The van der Waals surface area contributed by atoms with Gasteiger partial charge in [0, 0.05) is 5.02 Å². The van der Waals surface area contributed by atoms with Crippen LogP contribution in [0.4, 0.5) is 0 Å². The lowest BCUT2D eigenvalue weighted by Crippen LogP contribution is -2.33. The predicted molar refractivity (Wildman–Crippen MR) is 64.7 cm³/mol. The van der Waals surface area contributed by atoms with E-state index in [9.17, 15) is 9.90 Å². The highest BCUT2D eigenvalue weighted by molar-refractivity contribution is 6.30. The third kappa shape index (κ3) is 2.97. The summed E-state index contributed by atoms with van der Waals surface area (Å²) in [5.41, 5.74) is 0.764. The van der Waals surface area contributed by atoms with Gasteiger partial charge in [-0.1, -0.05) is 37.6 Å². The van der Waals surface area contributed by atoms with Crippen LogP contribution >= 0.6 is 11.6 Å². The van der Waals surface area contributed by atoms with Gasteiger partial charge in [0.1, 0.15) is 6.04 Å². The number of carboxylic acids is 1. The van der Waals surface area contributed by atoms with E-state index in [0.29, 0.717) is 18.1 Å². The molecule has 0 aliphatic rings. The lowest BCUT2D eigenvalue weighted by molar-refractivity contribution is -0.143. The molecule has 0 amide bonds. The average Bonchev–Trinajstić information content (AvgIpc) is 2.27. The van der Waals surface area contributed by atoms with Gasteiger partial charge >= 0.3 is 5.97 Å². The van der Waals surface area contributed by atoms with Gasteiger partial charge in [-0.2, -0.15) is 0 Å². The number of hydrogen-bond acceptors (Lipinski definition) is 2. The van der Waals surface area contributed by atoms with E-state index in [1.807, 2.05) is 18.7 Å². The molecule has 4 heteroatoms. The van der Waals surface area contributed by atoms with Crippen LogP contribution < -0.4 is 0 Å². The van der Waals surface area contributed by atoms with E-state index in [-0.39, 0.29) is 0 Å². The molecule has 88 valence electrons. The Hall–Kier alpha value is -1.06. The molecule has 0 spiro atoms. The first-order valence-corrected chi connectivity index (χ1v) is 5.70. The quantitative estimate of drug-likeness (QED) is 0.862. The molecule has 1 unspecified atom stereocenters. The molecular weight excluding hydrogens is 226 g/mol. The minimum Gasteiger partial charge on any atom is -0.480 e. The van der Waals surface area contributed by atoms with Crippen LogP contribution in [0.2, 0.25) is 5.02 Å². The molecule has 0 bridgehead atoms. The Morgan fingerprint density at radius 1 is 1.31 bits per heavy atom. The van der Waals surface area contributed by atoms with Gasteiger partial charge < -0.3 is 5.11 Å². The molecule has 1 atom stereocenters. The highest BCUT2D eigenvalue weighted by Gasteiger charge is 2.24. The van der Waals surface area contributed by atoms with Crippen molar-refractivity contribution >= 4 is 17.6 Å². The Kier molecular flexibility index (Phi) is 4.77. The summed E-state index contributed by atoms with van der Waals surface area (Å²) in [5.74, 6) is -0.828. The molecule has 16 heavy (non-hydrogen) atoms. The van der Waals surface area contributed by atoms with Crippen molar-refractivity contribution in [3.8, 4) is 0 Å². The molecule has 0 saturated carbocycles. The van der Waals surface area contributed by atoms with Gasteiger partial charge in [-0.05, 0) is 30.8 Å². The number of benzene rings is 1. The molecule has 3 nitrogen and oxygen atoms in total. The Labute approximate surface area is 101 Å². The minimum absolute atomic E-state index is 0.590. The Morgan fingerprint density at radius 2 is 1.81 bits per heavy atom. The van der Waals surface area contributed by atoms with E-state index in [1.54, 1.807) is 24.3 Å². The van der Waals surface area contributed by atoms with Crippen molar-refractivity contribution < 1.29 is 9.90 Å². The van der Waals surface area contributed by atoms with Gasteiger partial charge in [0.2, 0.25) is 0 Å². The zero-order valence-electron chi connectivity index (χ0n) is 9.48. The molecular formula is C12H16ClNO2. The summed E-state index contributed by atoms with van der Waals surface area (Å²) in [6, 6.07) is 6.37. The monoisotopic (exact) mass is 241 g/mol. The van der Waals surface area contributed by atoms with Crippen molar-refractivity contribution in [1.82, 2.24) is 4.90 Å². The fourth-order valence-corrected chi connectivity index (χ4v) is 1.87. The van der Waals surface area contributed by atoms with Crippen molar-refractivity contribution in [2.24, 2.45) is 0 Å². The molecule has 1 aromatic carbocycles. The summed E-state index contributed by atoms with van der Waals surface area (Å²) in [6.45, 7) is 5.32. The van der Waals surface area contributed by atoms with Crippen LogP contribution in [-0.4, -0.2) is 29.1 Å². The Bertz CT molecular complexity index is 347. The first-order chi connectivity index (χ1) is 7.60. The summed E-state index contributed by atoms with van der Waals surface area (Å²) in [4.78, 5) is 13.2. The summed E-state index contributed by atoms with van der Waals surface area (Å²) in [5, 5.41) is 9.87. The fourth-order valence-electron chi connectivity index (χ4n) is 1.74. The van der Waals surface area contributed by atoms with Gasteiger partial charge in [-0.25, -0.2) is 0 Å². The number of rotatable bonds is 5. The second kappa shape index (κ2) is 5.87. The normalized spacial score (nSPS) is 12.8. The third-order valence-corrected chi connectivity index (χ3v) is 2.85. The zero-order chi connectivity index (χ0) is 12.1. The fraction of sp³-hybridized carbons (Fsp3) is 0.417. The molecule has 0 aliphatic heterocycles. The maximum atomic E-state index is 11.3. The SMILES string of the molecule is CCN(CC)C(C(=O)O)c1ccc(Cl)cc1. The van der Waals surface area contributed by atoms with Gasteiger partial charge in [0.05, 0.1) is 0 Å². The van der Waals surface area contributed by atoms with Gasteiger partial charge in [-0.15, -0.1) is 0 Å². The van der Waals surface area contributed by atoms with Crippen LogP contribution in [0.15, 0.2) is 24.3 Å². The summed E-state index contributed by atoms with van der Waals surface area (Å²) in [7, 11) is 0. The number of carboxylic acid groups (broad SMARTS) is 1. The van der Waals surface area contributed by atoms with Crippen LogP contribution in [0.5, 0.6) is 0 Å². The molecule has 1 rings (SSSR count). The maximum absolute atomic E-state index is 11.3. The van der Waals surface area contributed by atoms with Crippen LogP contribution in [0.1, 0.15) is 25.5 Å². The lowest BCUT2D eigenvalue weighted by Gasteiger charge is -2.26. The van der Waals surface area contributed by atoms with Crippen molar-refractivity contribution in [3.63, 3.8) is 0 Å². The van der Waals surface area contributed by atoms with E-state index >= 15 is 0 Å². The van der Waals surface area contributed by atoms with E-state index < -0.39 is 12.0 Å². The van der Waals surface area contributed by atoms with Gasteiger partial charge in [0.25, 0.3) is 0 Å². The van der Waals surface area contributed by atoms with Crippen LogP contribution in [0, 0.1) is 0 Å². The van der Waals surface area contributed by atoms with Crippen LogP contribution in [0.25, 0.3) is 0 Å². The Morgan fingerprint density at radius 3 is 2.19 bits per heavy atom. The number of halogens is 1. The van der Waals surface area contributed by atoms with Crippen molar-refractivity contribution in [3.05, 3.63) is 34.9 Å². The molecule has 0 radical (unpaired) electrons. The van der Waals surface area contributed by atoms with Gasteiger partial charge in [0.15, 0.2) is 0 Å². The maximum Gasteiger partial charge on any atom is 0.325 e. The summed E-state index contributed by atoms with van der Waals surface area (Å²) < 4.78 is 0. The largest absolute Gasteiger partial charge is 0.480 e. The van der Waals surface area contributed by atoms with Crippen molar-refractivity contribution in [1.29, 1.82) is 0 Å². The smallest absolute Gasteiger partial charge is 0.325 e. The third-order valence-electron chi connectivity index (χ3n) is 2.60. The number of nitrogens with zero attached hydrogens (tertiary/aromatic N) is 1. The first-order valence-electron chi connectivity index (χ1n) is 5.32. The predicted octanol–water partition coefficient (Wildman–Crippen LogP) is 2.81. The highest BCUT2D eigenvalue weighted by Crippen LogP contribution is 2.22.